The molecular weight excluding hydrogens is 232 g/mol. The first-order valence-corrected chi connectivity index (χ1v) is 3.19. The summed E-state index contributed by atoms with van der Waals surface area (Å²) in [5, 5.41) is 0.000000000000000222. The van der Waals surface area contributed by atoms with Gasteiger partial charge in [-0.15, -0.1) is 0 Å². The molecule has 0 atom stereocenters. The van der Waals surface area contributed by atoms with Crippen molar-refractivity contribution in [2.24, 2.45) is 11.5 Å². The summed E-state index contributed by atoms with van der Waals surface area (Å²) in [6.45, 7) is 0. The van der Waals surface area contributed by atoms with Gasteiger partial charge in [-0.25, -0.2) is 0 Å². The molecule has 0 bridgehead atoms. The fourth-order valence-electron chi connectivity index (χ4n) is 0. The van der Waals surface area contributed by atoms with Crippen molar-refractivity contribution in [3.8, 4) is 0 Å². The van der Waals surface area contributed by atoms with Crippen molar-refractivity contribution in [1.82, 2.24) is 0 Å². The Morgan fingerprint density at radius 1 is 1.30 bits per heavy atom. The van der Waals surface area contributed by atoms with Crippen LogP contribution in [0, 0.1) is 0 Å². The topological polar surface area (TPSA) is 132 Å². The Morgan fingerprint density at radius 2 is 1.30 bits per heavy atom. The summed E-state index contributed by atoms with van der Waals surface area (Å²) < 4.78 is 34.1. The molecule has 9 heteroatoms. The summed E-state index contributed by atoms with van der Waals surface area (Å²) in [4.78, 5) is 0. The first-order chi connectivity index (χ1) is 3.73. The van der Waals surface area contributed by atoms with Gasteiger partial charge in [-0.2, -0.15) is 0 Å². The Kier molecular flexibility index (Phi) is 11.9. The molecule has 0 saturated carbocycles. The van der Waals surface area contributed by atoms with Gasteiger partial charge in [0.1, 0.15) is 0 Å². The second-order valence-corrected chi connectivity index (χ2v) is 2.10. The Bertz CT molecular complexity index is 164. The van der Waals surface area contributed by atoms with Crippen LogP contribution < -0.4 is 11.5 Å². The molecule has 0 aromatic carbocycles. The summed E-state index contributed by atoms with van der Waals surface area (Å²) in [6, 6.07) is 0. The van der Waals surface area contributed by atoms with Crippen molar-refractivity contribution in [1.29, 1.82) is 0 Å². The molecule has 10 heavy (non-hydrogen) atoms. The minimum absolute atomic E-state index is 0. The number of rotatable bonds is 0. The maximum atomic E-state index is 8.52. The van der Waals surface area contributed by atoms with Crippen LogP contribution in [0.5, 0.6) is 0 Å². The van der Waals surface area contributed by atoms with E-state index >= 15 is 0 Å². The van der Waals surface area contributed by atoms with E-state index in [1.54, 1.807) is 0 Å². The van der Waals surface area contributed by atoms with E-state index in [1.165, 1.54) is 0 Å². The number of nitrogens with two attached hydrogens (primary N) is 2. The SMILES string of the molecule is NC(N)=S.O=S(=O)([O-])[O-].[Cu+2]. The van der Waals surface area contributed by atoms with Crippen molar-refractivity contribution in [2.75, 3.05) is 0 Å². The van der Waals surface area contributed by atoms with Gasteiger partial charge in [0.2, 0.25) is 0 Å². The fourth-order valence-corrected chi connectivity index (χ4v) is 0. The molecule has 0 saturated heterocycles. The summed E-state index contributed by atoms with van der Waals surface area (Å²) in [7, 11) is -5.17. The minimum Gasteiger partial charge on any atom is -0.759 e. The summed E-state index contributed by atoms with van der Waals surface area (Å²) >= 11 is 4.09. The first kappa shape index (κ1) is 16.6. The second kappa shape index (κ2) is 7.19. The van der Waals surface area contributed by atoms with Gasteiger partial charge in [-0.05, 0) is 12.2 Å². The molecule has 0 amide bonds. The van der Waals surface area contributed by atoms with Crippen molar-refractivity contribution >= 4 is 27.7 Å². The quantitative estimate of drug-likeness (QED) is 0.212. The van der Waals surface area contributed by atoms with Crippen LogP contribution in [0.3, 0.4) is 0 Å². The molecule has 1 radical (unpaired) electrons. The van der Waals surface area contributed by atoms with Crippen LogP contribution in [0.15, 0.2) is 0 Å². The molecule has 0 aliphatic rings. The van der Waals surface area contributed by atoms with Gasteiger partial charge < -0.3 is 20.6 Å². The van der Waals surface area contributed by atoms with E-state index in [2.05, 4.69) is 23.7 Å². The molecule has 0 aliphatic heterocycles. The van der Waals surface area contributed by atoms with Crippen LogP contribution in [0.1, 0.15) is 0 Å². The third kappa shape index (κ3) is 64100. The zero-order valence-electron chi connectivity index (χ0n) is 4.41. The van der Waals surface area contributed by atoms with E-state index in [9.17, 15) is 0 Å². The smallest absolute Gasteiger partial charge is 0.759 e. The Labute approximate surface area is 74.0 Å². The van der Waals surface area contributed by atoms with Gasteiger partial charge in [-0.3, -0.25) is 8.42 Å². The second-order valence-electron chi connectivity index (χ2n) is 0.811. The molecule has 4 N–H and O–H groups in total. The molecule has 0 fully saturated rings. The molecule has 0 spiro atoms. The Balaban J connectivity index is -0.0000000910. The predicted octanol–water partition coefficient (Wildman–Crippen LogP) is -2.15. The van der Waals surface area contributed by atoms with E-state index in [-0.39, 0.29) is 22.2 Å². The Morgan fingerprint density at radius 3 is 1.30 bits per heavy atom. The van der Waals surface area contributed by atoms with Gasteiger partial charge in [0.25, 0.3) is 0 Å². The molecule has 0 heterocycles. The van der Waals surface area contributed by atoms with Crippen molar-refractivity contribution in [3.05, 3.63) is 0 Å². The van der Waals surface area contributed by atoms with Crippen molar-refractivity contribution in [2.45, 2.75) is 0 Å². The van der Waals surface area contributed by atoms with Gasteiger partial charge >= 0.3 is 17.1 Å². The zero-order chi connectivity index (χ0) is 8.08. The standard InChI is InChI=1S/CH4N2S.Cu.H2O4S/c2-1(3)4;;1-5(2,3)4/h(H4,2,3,4);;(H2,1,2,3,4)/q;+2;/p-2. The first-order valence-electron chi connectivity index (χ1n) is 1.45. The van der Waals surface area contributed by atoms with Crippen LogP contribution in [0.25, 0.3) is 0 Å². The molecule has 0 aromatic rings. The molecule has 0 aliphatic carbocycles. The molecular formula is CH4CuN2O4S2. The van der Waals surface area contributed by atoms with Crippen LogP contribution in [-0.4, -0.2) is 22.6 Å². The summed E-state index contributed by atoms with van der Waals surface area (Å²) in [6.07, 6.45) is 0. The van der Waals surface area contributed by atoms with E-state index in [0.717, 1.165) is 0 Å². The van der Waals surface area contributed by atoms with Gasteiger partial charge in [-0.1, -0.05) is 0 Å². The van der Waals surface area contributed by atoms with Crippen LogP contribution in [-0.2, 0) is 27.5 Å². The summed E-state index contributed by atoms with van der Waals surface area (Å²) in [5.41, 5.74) is 9.24. The number of hydrogen-bond donors (Lipinski definition) is 2. The fraction of sp³-hybridized carbons (Fsp3) is 0. The average molecular weight is 236 g/mol. The molecule has 6 nitrogen and oxygen atoms in total. The van der Waals surface area contributed by atoms with E-state index in [4.69, 9.17) is 17.5 Å². The van der Waals surface area contributed by atoms with Gasteiger partial charge in [0.05, 0.1) is 0 Å². The predicted molar refractivity (Wildman–Crippen MR) is 31.4 cm³/mol. The summed E-state index contributed by atoms with van der Waals surface area (Å²) in [5.74, 6) is 0. The van der Waals surface area contributed by atoms with Crippen molar-refractivity contribution < 1.29 is 34.6 Å². The molecule has 0 aromatic heterocycles. The van der Waals surface area contributed by atoms with Crippen LogP contribution in [0.2, 0.25) is 0 Å². The maximum Gasteiger partial charge on any atom is 2.00 e. The van der Waals surface area contributed by atoms with E-state index in [1.807, 2.05) is 0 Å². The van der Waals surface area contributed by atoms with Crippen molar-refractivity contribution in [3.63, 3.8) is 0 Å². The molecule has 65 valence electrons. The third-order valence-electron chi connectivity index (χ3n) is 0. The number of thiocarbonyl (C=S) groups is 1. The Hall–Kier alpha value is 0.0795. The van der Waals surface area contributed by atoms with E-state index in [0.29, 0.717) is 0 Å². The van der Waals surface area contributed by atoms with Crippen LogP contribution >= 0.6 is 12.2 Å². The molecule has 0 rings (SSSR count). The maximum absolute atomic E-state index is 8.52. The van der Waals surface area contributed by atoms with E-state index < -0.39 is 10.4 Å². The molecule has 0 unspecified atom stereocenters. The third-order valence-corrected chi connectivity index (χ3v) is 0. The van der Waals surface area contributed by atoms with Gasteiger partial charge in [0, 0.05) is 10.4 Å². The largest absolute Gasteiger partial charge is 2.00 e. The van der Waals surface area contributed by atoms with Gasteiger partial charge in [0.15, 0.2) is 5.11 Å². The zero-order valence-corrected chi connectivity index (χ0v) is 6.98. The monoisotopic (exact) mass is 235 g/mol. The van der Waals surface area contributed by atoms with Crippen LogP contribution in [0.4, 0.5) is 0 Å². The average Bonchev–Trinajstić information content (AvgIpc) is 1.19. The minimum atomic E-state index is -5.17. The number of hydrogen-bond acceptors (Lipinski definition) is 5. The normalized spacial score (nSPS) is 8.20.